The number of ether oxygens (including phenoxy) is 2. The molecule has 2 unspecified atom stereocenters. The maximum absolute atomic E-state index is 6.08. The molecule has 2 bridgehead atoms. The van der Waals surface area contributed by atoms with Crippen molar-refractivity contribution in [3.05, 3.63) is 54.7 Å². The molecule has 5 heteroatoms. The Kier molecular flexibility index (Phi) is 5.97. The summed E-state index contributed by atoms with van der Waals surface area (Å²) in [6, 6.07) is 14.6. The van der Waals surface area contributed by atoms with Crippen LogP contribution in [0.2, 0.25) is 0 Å². The fourth-order valence-corrected chi connectivity index (χ4v) is 4.11. The van der Waals surface area contributed by atoms with E-state index in [2.05, 4.69) is 51.8 Å². The van der Waals surface area contributed by atoms with E-state index in [4.69, 9.17) is 9.47 Å². The lowest BCUT2D eigenvalue weighted by Crippen LogP contribution is -2.44. The van der Waals surface area contributed by atoms with E-state index in [9.17, 15) is 0 Å². The zero-order valence-electron chi connectivity index (χ0n) is 17.3. The highest BCUT2D eigenvalue weighted by molar-refractivity contribution is 5.72. The van der Waals surface area contributed by atoms with Crippen LogP contribution in [-0.2, 0) is 4.74 Å². The van der Waals surface area contributed by atoms with Crippen molar-refractivity contribution >= 4 is 18.1 Å². The maximum atomic E-state index is 6.08. The minimum Gasteiger partial charge on any atom is -0.476 e. The lowest BCUT2D eigenvalue weighted by atomic mass is 10.0. The monoisotopic (exact) mass is 391 g/mol. The van der Waals surface area contributed by atoms with Crippen molar-refractivity contribution in [3.8, 4) is 16.9 Å². The normalized spacial score (nSPS) is 21.4. The summed E-state index contributed by atoms with van der Waals surface area (Å²) >= 11 is 0. The van der Waals surface area contributed by atoms with Gasteiger partial charge in [-0.2, -0.15) is 0 Å². The van der Waals surface area contributed by atoms with E-state index in [-0.39, 0.29) is 0 Å². The Morgan fingerprint density at radius 1 is 1.14 bits per heavy atom. The Balaban J connectivity index is 1.44. The minimum atomic E-state index is 0.367. The van der Waals surface area contributed by atoms with Crippen molar-refractivity contribution in [2.45, 2.75) is 32.0 Å². The molecule has 0 aromatic heterocycles. The predicted octanol–water partition coefficient (Wildman–Crippen LogP) is 4.86. The number of hydrogen-bond donors (Lipinski definition) is 0. The number of rotatable bonds is 7. The van der Waals surface area contributed by atoms with Crippen LogP contribution in [0.4, 0.5) is 11.4 Å². The first-order chi connectivity index (χ1) is 14.2. The van der Waals surface area contributed by atoms with Gasteiger partial charge in [0.15, 0.2) is 0 Å². The third-order valence-corrected chi connectivity index (χ3v) is 5.63. The van der Waals surface area contributed by atoms with Gasteiger partial charge in [0.05, 0.1) is 12.2 Å². The number of hydrogen-bond acceptors (Lipinski definition) is 5. The van der Waals surface area contributed by atoms with Crippen molar-refractivity contribution in [3.63, 3.8) is 0 Å². The Morgan fingerprint density at radius 3 is 2.48 bits per heavy atom. The van der Waals surface area contributed by atoms with E-state index in [1.54, 1.807) is 0 Å². The second kappa shape index (κ2) is 8.80. The first-order valence-corrected chi connectivity index (χ1v) is 10.2. The van der Waals surface area contributed by atoms with Crippen molar-refractivity contribution in [2.75, 3.05) is 31.8 Å². The molecule has 0 amide bonds. The molecule has 2 fully saturated rings. The summed E-state index contributed by atoms with van der Waals surface area (Å²) in [6.45, 7) is 8.20. The van der Waals surface area contributed by atoms with Crippen molar-refractivity contribution in [2.24, 2.45) is 4.99 Å². The van der Waals surface area contributed by atoms with Crippen LogP contribution < -0.4 is 9.64 Å². The van der Waals surface area contributed by atoms with Gasteiger partial charge in [0, 0.05) is 25.8 Å². The van der Waals surface area contributed by atoms with Crippen LogP contribution in [0.3, 0.4) is 0 Å². The number of anilines is 1. The lowest BCUT2D eigenvalue weighted by Gasteiger charge is -2.31. The molecule has 2 heterocycles. The summed E-state index contributed by atoms with van der Waals surface area (Å²) in [7, 11) is 2.04. The molecule has 2 aromatic rings. The van der Waals surface area contributed by atoms with Crippen LogP contribution in [-0.4, -0.2) is 50.7 Å². The molecular weight excluding hydrogens is 362 g/mol. The fraction of sp³-hybridized carbons (Fsp3) is 0.375. The third-order valence-electron chi connectivity index (χ3n) is 5.63. The number of aliphatic imine (C=N–C) groups is 1. The van der Waals surface area contributed by atoms with E-state index in [0.29, 0.717) is 18.9 Å². The van der Waals surface area contributed by atoms with Gasteiger partial charge in [-0.25, -0.2) is 0 Å². The molecular formula is C24H29N3O2. The topological polar surface area (TPSA) is 37.3 Å². The molecule has 0 radical (unpaired) electrons. The summed E-state index contributed by atoms with van der Waals surface area (Å²) in [5.74, 6) is 0.770. The molecule has 2 saturated heterocycles. The van der Waals surface area contributed by atoms with Crippen LogP contribution >= 0.6 is 0 Å². The highest BCUT2D eigenvalue weighted by atomic mass is 16.5. The van der Waals surface area contributed by atoms with Gasteiger partial charge in [0.25, 0.3) is 0 Å². The molecule has 0 saturated carbocycles. The average molecular weight is 392 g/mol. The first-order valence-electron chi connectivity index (χ1n) is 10.2. The average Bonchev–Trinajstić information content (AvgIpc) is 3.10. The van der Waals surface area contributed by atoms with Crippen molar-refractivity contribution in [1.29, 1.82) is 0 Å². The van der Waals surface area contributed by atoms with Gasteiger partial charge in [-0.15, -0.1) is 0 Å². The van der Waals surface area contributed by atoms with Gasteiger partial charge < -0.3 is 14.4 Å². The number of fused-ring (bicyclic) bond motifs is 2. The molecule has 2 aliphatic heterocycles. The number of likely N-dealkylation sites (tertiary alicyclic amines) is 1. The smallest absolute Gasteiger partial charge is 0.146 e. The molecule has 29 heavy (non-hydrogen) atoms. The van der Waals surface area contributed by atoms with Crippen LogP contribution in [0, 0.1) is 0 Å². The number of allylic oxidation sites excluding steroid dienone is 1. The number of morpholine rings is 1. The minimum absolute atomic E-state index is 0.367. The highest BCUT2D eigenvalue weighted by Crippen LogP contribution is 2.34. The summed E-state index contributed by atoms with van der Waals surface area (Å²) in [5, 5.41) is 0. The summed E-state index contributed by atoms with van der Waals surface area (Å²) < 4.78 is 12.0. The van der Waals surface area contributed by atoms with E-state index >= 15 is 0 Å². The molecule has 2 atom stereocenters. The molecule has 0 spiro atoms. The Hall–Kier alpha value is -2.63. The largest absolute Gasteiger partial charge is 0.476 e. The molecule has 4 rings (SSSR count). The molecule has 0 aliphatic carbocycles. The standard InChI is InChI=1S/C24H29N3O2/c1-4-13-26(3)20-8-5-18(6-9-20)19-7-12-24(23(14-19)25-2)28-17-27-15-21-10-11-22(16-27)29-21/h4-9,12-14,21-22H,2,10-11,15-17H2,1,3H3/b13-4-. The summed E-state index contributed by atoms with van der Waals surface area (Å²) in [5.41, 5.74) is 4.16. The molecule has 2 aliphatic rings. The van der Waals surface area contributed by atoms with Crippen LogP contribution in [0.5, 0.6) is 5.75 Å². The molecule has 0 N–H and O–H groups in total. The van der Waals surface area contributed by atoms with Gasteiger partial charge in [-0.1, -0.05) is 24.3 Å². The second-order valence-corrected chi connectivity index (χ2v) is 7.75. The summed E-state index contributed by atoms with van der Waals surface area (Å²) in [4.78, 5) is 8.62. The van der Waals surface area contributed by atoms with E-state index in [0.717, 1.165) is 41.3 Å². The Labute approximate surface area is 173 Å². The predicted molar refractivity (Wildman–Crippen MR) is 119 cm³/mol. The maximum Gasteiger partial charge on any atom is 0.146 e. The second-order valence-electron chi connectivity index (χ2n) is 7.75. The fourth-order valence-electron chi connectivity index (χ4n) is 4.11. The molecule has 5 nitrogen and oxygen atoms in total. The third kappa shape index (κ3) is 4.52. The Morgan fingerprint density at radius 2 is 1.83 bits per heavy atom. The zero-order valence-corrected chi connectivity index (χ0v) is 17.3. The van der Waals surface area contributed by atoms with Crippen molar-refractivity contribution in [1.82, 2.24) is 4.90 Å². The van der Waals surface area contributed by atoms with Gasteiger partial charge in [0.1, 0.15) is 18.2 Å². The van der Waals surface area contributed by atoms with Gasteiger partial charge in [0.2, 0.25) is 0 Å². The number of nitrogens with zero attached hydrogens (tertiary/aromatic N) is 3. The summed E-state index contributed by atoms with van der Waals surface area (Å²) in [6.07, 6.45) is 7.13. The van der Waals surface area contributed by atoms with Gasteiger partial charge in [-0.3, -0.25) is 9.89 Å². The van der Waals surface area contributed by atoms with Crippen molar-refractivity contribution < 1.29 is 9.47 Å². The SMILES string of the molecule is C=Nc1cc(-c2ccc(N(C)/C=C\C)cc2)ccc1OCN1CC2CCC(C1)O2. The van der Waals surface area contributed by atoms with Gasteiger partial charge >= 0.3 is 0 Å². The highest BCUT2D eigenvalue weighted by Gasteiger charge is 2.33. The van der Waals surface area contributed by atoms with Gasteiger partial charge in [-0.05, 0) is 68.1 Å². The molecule has 152 valence electrons. The lowest BCUT2D eigenvalue weighted by molar-refractivity contribution is -0.0584. The van der Waals surface area contributed by atoms with Crippen LogP contribution in [0.25, 0.3) is 11.1 Å². The first kappa shape index (κ1) is 19.7. The van der Waals surface area contributed by atoms with E-state index < -0.39 is 0 Å². The molecule has 2 aromatic carbocycles. The quantitative estimate of drug-likeness (QED) is 0.632. The van der Waals surface area contributed by atoms with E-state index in [1.807, 2.05) is 38.4 Å². The van der Waals surface area contributed by atoms with E-state index in [1.165, 1.54) is 12.8 Å². The zero-order chi connectivity index (χ0) is 20.2. The number of benzene rings is 2. The van der Waals surface area contributed by atoms with Crippen LogP contribution in [0.15, 0.2) is 59.7 Å². The van der Waals surface area contributed by atoms with Crippen LogP contribution in [0.1, 0.15) is 19.8 Å². The Bertz CT molecular complexity index is 866.